The van der Waals surface area contributed by atoms with E-state index in [9.17, 15) is 0 Å². The van der Waals surface area contributed by atoms with Crippen LogP contribution in [0.1, 0.15) is 58.8 Å². The van der Waals surface area contributed by atoms with Gasteiger partial charge in [0, 0.05) is 23.7 Å². The van der Waals surface area contributed by atoms with Crippen LogP contribution in [0.5, 0.6) is 0 Å². The van der Waals surface area contributed by atoms with Crippen LogP contribution in [-0.2, 0) is 0 Å². The molecule has 2 saturated carbocycles. The molecule has 2 nitrogen and oxygen atoms in total. The van der Waals surface area contributed by atoms with Crippen molar-refractivity contribution in [3.63, 3.8) is 0 Å². The van der Waals surface area contributed by atoms with E-state index in [-0.39, 0.29) is 0 Å². The van der Waals surface area contributed by atoms with Crippen molar-refractivity contribution in [2.45, 2.75) is 58.8 Å². The van der Waals surface area contributed by atoms with Crippen molar-refractivity contribution in [2.24, 2.45) is 28.8 Å². The number of hydrogen-bond acceptors (Lipinski definition) is 2. The minimum atomic E-state index is 0.690. The molecule has 0 saturated heterocycles. The molecule has 2 aliphatic carbocycles. The fourth-order valence-electron chi connectivity index (χ4n) is 4.33. The summed E-state index contributed by atoms with van der Waals surface area (Å²) in [5, 5.41) is 4.46. The number of fused-ring (bicyclic) bond motifs is 5. The molecule has 2 heteroatoms. The Morgan fingerprint density at radius 2 is 2.28 bits per heavy atom. The number of hydrogen-bond donors (Lipinski definition) is 1. The Balaban J connectivity index is 1.85. The number of unbranched alkanes of at least 4 members (excludes halogenated alkanes) is 1. The lowest BCUT2D eigenvalue weighted by atomic mass is 9.79. The Bertz CT molecular complexity index is 369. The van der Waals surface area contributed by atoms with Gasteiger partial charge in [-0.2, -0.15) is 5.10 Å². The van der Waals surface area contributed by atoms with E-state index in [0.29, 0.717) is 5.92 Å². The molecule has 2 bridgehead atoms. The van der Waals surface area contributed by atoms with Crippen molar-refractivity contribution in [1.29, 1.82) is 0 Å². The van der Waals surface area contributed by atoms with Crippen LogP contribution >= 0.6 is 0 Å². The molecule has 4 unspecified atom stereocenters. The van der Waals surface area contributed by atoms with Gasteiger partial charge in [0.1, 0.15) is 0 Å². The van der Waals surface area contributed by atoms with Gasteiger partial charge in [-0.25, -0.2) is 0 Å². The smallest absolute Gasteiger partial charge is 0.0368 e. The van der Waals surface area contributed by atoms with E-state index in [4.69, 9.17) is 0 Å². The average molecular weight is 246 g/mol. The topological polar surface area (TPSA) is 24.4 Å². The van der Waals surface area contributed by atoms with Crippen molar-refractivity contribution in [1.82, 2.24) is 5.43 Å². The fraction of sp³-hybridized carbons (Fsp3) is 0.812. The first-order valence-corrected chi connectivity index (χ1v) is 7.88. The molecule has 0 aromatic rings. The van der Waals surface area contributed by atoms with Gasteiger partial charge in [0.25, 0.3) is 0 Å². The third-order valence-electron chi connectivity index (χ3n) is 5.32. The summed E-state index contributed by atoms with van der Waals surface area (Å²) in [6, 6.07) is 0. The Kier molecular flexibility index (Phi) is 3.45. The third kappa shape index (κ3) is 1.90. The second-order valence-corrected chi connectivity index (χ2v) is 6.30. The number of nitrogens with zero attached hydrogens (tertiary/aromatic N) is 1. The zero-order valence-corrected chi connectivity index (χ0v) is 11.8. The van der Waals surface area contributed by atoms with Gasteiger partial charge >= 0.3 is 0 Å². The van der Waals surface area contributed by atoms with E-state index < -0.39 is 0 Å². The Morgan fingerprint density at radius 3 is 3.06 bits per heavy atom. The molecule has 0 amide bonds. The maximum Gasteiger partial charge on any atom is 0.0368 e. The van der Waals surface area contributed by atoms with E-state index in [0.717, 1.165) is 17.8 Å². The number of hydrazone groups is 1. The van der Waals surface area contributed by atoms with Crippen LogP contribution in [0.4, 0.5) is 0 Å². The Morgan fingerprint density at radius 1 is 1.39 bits per heavy atom. The predicted molar refractivity (Wildman–Crippen MR) is 76.3 cm³/mol. The molecule has 18 heavy (non-hydrogen) atoms. The van der Waals surface area contributed by atoms with E-state index >= 15 is 0 Å². The molecule has 1 N–H and O–H groups in total. The highest BCUT2D eigenvalue weighted by atomic mass is 15.3. The third-order valence-corrected chi connectivity index (χ3v) is 5.32. The number of allylic oxidation sites excluding steroid dienone is 2. The molecule has 0 spiro atoms. The molecule has 2 fully saturated rings. The lowest BCUT2D eigenvalue weighted by Crippen LogP contribution is -2.29. The zero-order chi connectivity index (χ0) is 12.5. The number of rotatable bonds is 5. The van der Waals surface area contributed by atoms with Crippen molar-refractivity contribution >= 4 is 6.21 Å². The van der Waals surface area contributed by atoms with Crippen LogP contribution in [0, 0.1) is 23.7 Å². The van der Waals surface area contributed by atoms with Gasteiger partial charge in [0.15, 0.2) is 0 Å². The molecule has 1 heterocycles. The summed E-state index contributed by atoms with van der Waals surface area (Å²) in [6.07, 6.45) is 11.7. The normalized spacial score (nSPS) is 34.7. The van der Waals surface area contributed by atoms with Gasteiger partial charge in [-0.3, -0.25) is 5.43 Å². The van der Waals surface area contributed by atoms with Crippen LogP contribution in [0.25, 0.3) is 0 Å². The van der Waals surface area contributed by atoms with Crippen molar-refractivity contribution in [3.05, 3.63) is 11.3 Å². The molecule has 1 aliphatic heterocycles. The van der Waals surface area contributed by atoms with Crippen molar-refractivity contribution in [2.75, 3.05) is 0 Å². The molecule has 0 aromatic heterocycles. The fourth-order valence-corrected chi connectivity index (χ4v) is 4.33. The van der Waals surface area contributed by atoms with E-state index in [1.807, 2.05) is 0 Å². The van der Waals surface area contributed by atoms with Crippen molar-refractivity contribution < 1.29 is 0 Å². The second kappa shape index (κ2) is 5.07. The van der Waals surface area contributed by atoms with Crippen LogP contribution in [0.3, 0.4) is 0 Å². The van der Waals surface area contributed by atoms with E-state index in [1.54, 1.807) is 5.57 Å². The maximum atomic E-state index is 4.46. The van der Waals surface area contributed by atoms with Gasteiger partial charge in [0.2, 0.25) is 0 Å². The molecular formula is C16H26N2. The maximum absolute atomic E-state index is 4.46. The van der Waals surface area contributed by atoms with Crippen molar-refractivity contribution in [3.8, 4) is 0 Å². The van der Waals surface area contributed by atoms with Crippen LogP contribution < -0.4 is 5.43 Å². The van der Waals surface area contributed by atoms with Gasteiger partial charge in [0.05, 0.1) is 0 Å². The number of nitrogens with one attached hydrogen (secondary N) is 1. The summed E-state index contributed by atoms with van der Waals surface area (Å²) in [4.78, 5) is 0. The van der Waals surface area contributed by atoms with Gasteiger partial charge in [-0.05, 0) is 49.5 Å². The largest absolute Gasteiger partial charge is 0.283 e. The minimum Gasteiger partial charge on any atom is -0.283 e. The van der Waals surface area contributed by atoms with Crippen LogP contribution in [-0.4, -0.2) is 6.21 Å². The van der Waals surface area contributed by atoms with Gasteiger partial charge in [-0.15, -0.1) is 0 Å². The standard InChI is InChI=1S/C16H26N2/c1-3-5-6-11(4-2)16-15-13-8-7-12(9-13)14(15)10-17-18-16/h10-14,18H,3-9H2,1-2H3. The molecule has 3 aliphatic rings. The molecule has 0 aromatic carbocycles. The predicted octanol–water partition coefficient (Wildman–Crippen LogP) is 4.09. The average Bonchev–Trinajstić information content (AvgIpc) is 3.01. The Labute approximate surface area is 111 Å². The first kappa shape index (κ1) is 12.3. The molecule has 0 radical (unpaired) electrons. The molecule has 4 atom stereocenters. The highest BCUT2D eigenvalue weighted by Crippen LogP contribution is 2.53. The first-order chi connectivity index (χ1) is 8.85. The summed E-state index contributed by atoms with van der Waals surface area (Å²) >= 11 is 0. The zero-order valence-electron chi connectivity index (χ0n) is 11.8. The summed E-state index contributed by atoms with van der Waals surface area (Å²) in [6.45, 7) is 4.62. The molecule has 3 rings (SSSR count). The van der Waals surface area contributed by atoms with Crippen LogP contribution in [0.2, 0.25) is 0 Å². The molecule has 100 valence electrons. The van der Waals surface area contributed by atoms with Gasteiger partial charge < -0.3 is 0 Å². The quantitative estimate of drug-likeness (QED) is 0.776. The highest BCUT2D eigenvalue weighted by Gasteiger charge is 2.46. The summed E-state index contributed by atoms with van der Waals surface area (Å²) in [5.41, 5.74) is 6.66. The summed E-state index contributed by atoms with van der Waals surface area (Å²) in [7, 11) is 0. The SMILES string of the molecule is CCCCC(CC)C1=C2C3CCC(C3)C2C=NN1. The van der Waals surface area contributed by atoms with Crippen LogP contribution in [0.15, 0.2) is 16.4 Å². The minimum absolute atomic E-state index is 0.690. The van der Waals surface area contributed by atoms with Gasteiger partial charge in [-0.1, -0.05) is 26.7 Å². The second-order valence-electron chi connectivity index (χ2n) is 6.30. The summed E-state index contributed by atoms with van der Waals surface area (Å²) in [5.74, 6) is 3.20. The summed E-state index contributed by atoms with van der Waals surface area (Å²) < 4.78 is 0. The highest BCUT2D eigenvalue weighted by molar-refractivity contribution is 5.69. The lowest BCUT2D eigenvalue weighted by Gasteiger charge is -2.31. The monoisotopic (exact) mass is 246 g/mol. The Hall–Kier alpha value is -0.790. The van der Waals surface area contributed by atoms with E-state index in [2.05, 4.69) is 30.6 Å². The molecular weight excluding hydrogens is 220 g/mol. The first-order valence-electron chi connectivity index (χ1n) is 7.88. The lowest BCUT2D eigenvalue weighted by molar-refractivity contribution is 0.434. The van der Waals surface area contributed by atoms with E-state index in [1.165, 1.54) is 50.6 Å².